The average Bonchev–Trinajstić information content (AvgIpc) is 2.42. The number of hydrogen-bond donors (Lipinski definition) is 1. The Labute approximate surface area is 117 Å². The van der Waals surface area contributed by atoms with Gasteiger partial charge in [-0.15, -0.1) is 0 Å². The number of carbonyl (C=O) groups excluding carboxylic acids is 1. The lowest BCUT2D eigenvalue weighted by Gasteiger charge is -2.45. The Kier molecular flexibility index (Phi) is 4.54. The molecule has 1 heterocycles. The zero-order valence-corrected chi connectivity index (χ0v) is 12.8. The number of nitrogens with zero attached hydrogens (tertiary/aromatic N) is 1. The van der Waals surface area contributed by atoms with E-state index in [1.54, 1.807) is 0 Å². The molecule has 110 valence electrons. The molecule has 2 atom stereocenters. The highest BCUT2D eigenvalue weighted by molar-refractivity contribution is 5.83. The molecule has 0 radical (unpaired) electrons. The average molecular weight is 266 g/mol. The standard InChI is InChI=1S/C16H30N2O/c1-12-6-8-16(11-17,9-7-12)15(19)18-10-4-5-13(2)14(18)3/h12-14H,4-11,17H2,1-3H3. The van der Waals surface area contributed by atoms with E-state index < -0.39 is 0 Å². The summed E-state index contributed by atoms with van der Waals surface area (Å²) in [5.74, 6) is 1.72. The minimum absolute atomic E-state index is 0.252. The fourth-order valence-corrected chi connectivity index (χ4v) is 3.75. The summed E-state index contributed by atoms with van der Waals surface area (Å²) in [7, 11) is 0. The molecule has 2 rings (SSSR count). The lowest BCUT2D eigenvalue weighted by Crippen LogP contribution is -2.55. The smallest absolute Gasteiger partial charge is 0.230 e. The molecule has 1 aliphatic carbocycles. The summed E-state index contributed by atoms with van der Waals surface area (Å²) < 4.78 is 0. The van der Waals surface area contributed by atoms with Gasteiger partial charge >= 0.3 is 0 Å². The van der Waals surface area contributed by atoms with Crippen LogP contribution in [0.15, 0.2) is 0 Å². The van der Waals surface area contributed by atoms with Gasteiger partial charge in [0.2, 0.25) is 5.91 Å². The van der Waals surface area contributed by atoms with Crippen molar-refractivity contribution in [3.8, 4) is 0 Å². The predicted octanol–water partition coefficient (Wildman–Crippen LogP) is 2.79. The third-order valence-electron chi connectivity index (χ3n) is 5.71. The Morgan fingerprint density at radius 3 is 2.42 bits per heavy atom. The van der Waals surface area contributed by atoms with Crippen molar-refractivity contribution >= 4 is 5.91 Å². The summed E-state index contributed by atoms with van der Waals surface area (Å²) in [4.78, 5) is 15.2. The Hall–Kier alpha value is -0.570. The first-order valence-electron chi connectivity index (χ1n) is 8.01. The maximum Gasteiger partial charge on any atom is 0.230 e. The van der Waals surface area contributed by atoms with E-state index in [0.29, 0.717) is 24.4 Å². The van der Waals surface area contributed by atoms with E-state index in [2.05, 4.69) is 25.7 Å². The summed E-state index contributed by atoms with van der Waals surface area (Å²) in [6, 6.07) is 0.379. The van der Waals surface area contributed by atoms with Crippen LogP contribution in [-0.2, 0) is 4.79 Å². The Morgan fingerprint density at radius 2 is 1.84 bits per heavy atom. The first-order valence-corrected chi connectivity index (χ1v) is 8.01. The molecule has 2 fully saturated rings. The monoisotopic (exact) mass is 266 g/mol. The maximum atomic E-state index is 13.0. The quantitative estimate of drug-likeness (QED) is 0.835. The number of piperidine rings is 1. The van der Waals surface area contributed by atoms with Crippen LogP contribution < -0.4 is 5.73 Å². The molecule has 0 aromatic heterocycles. The van der Waals surface area contributed by atoms with Gasteiger partial charge < -0.3 is 10.6 Å². The molecule has 3 nitrogen and oxygen atoms in total. The van der Waals surface area contributed by atoms with Crippen LogP contribution in [0, 0.1) is 17.3 Å². The molecule has 0 spiro atoms. The second-order valence-electron chi connectivity index (χ2n) is 7.03. The fraction of sp³-hybridized carbons (Fsp3) is 0.938. The van der Waals surface area contributed by atoms with Crippen molar-refractivity contribution in [2.24, 2.45) is 23.0 Å². The highest BCUT2D eigenvalue weighted by atomic mass is 16.2. The third kappa shape index (κ3) is 2.81. The van der Waals surface area contributed by atoms with Crippen molar-refractivity contribution in [2.45, 2.75) is 65.3 Å². The van der Waals surface area contributed by atoms with E-state index in [4.69, 9.17) is 5.73 Å². The van der Waals surface area contributed by atoms with Gasteiger partial charge in [0, 0.05) is 19.1 Å². The maximum absolute atomic E-state index is 13.0. The number of amides is 1. The minimum atomic E-state index is -0.252. The zero-order valence-electron chi connectivity index (χ0n) is 12.8. The van der Waals surface area contributed by atoms with E-state index in [1.165, 1.54) is 6.42 Å². The summed E-state index contributed by atoms with van der Waals surface area (Å²) in [6.45, 7) is 8.22. The summed E-state index contributed by atoms with van der Waals surface area (Å²) in [5.41, 5.74) is 5.77. The Bertz CT molecular complexity index is 321. The number of likely N-dealkylation sites (tertiary alicyclic amines) is 1. The van der Waals surface area contributed by atoms with E-state index in [9.17, 15) is 4.79 Å². The first-order chi connectivity index (χ1) is 9.00. The van der Waals surface area contributed by atoms with Crippen LogP contribution in [0.3, 0.4) is 0 Å². The molecule has 1 aliphatic heterocycles. The largest absolute Gasteiger partial charge is 0.339 e. The van der Waals surface area contributed by atoms with Crippen molar-refractivity contribution in [2.75, 3.05) is 13.1 Å². The first kappa shape index (κ1) is 14.8. The van der Waals surface area contributed by atoms with Crippen LogP contribution in [0.5, 0.6) is 0 Å². The fourth-order valence-electron chi connectivity index (χ4n) is 3.75. The van der Waals surface area contributed by atoms with Crippen LogP contribution >= 0.6 is 0 Å². The van der Waals surface area contributed by atoms with Gasteiger partial charge in [-0.2, -0.15) is 0 Å². The molecule has 0 aromatic carbocycles. The number of hydrogen-bond acceptors (Lipinski definition) is 2. The van der Waals surface area contributed by atoms with E-state index in [0.717, 1.165) is 44.6 Å². The van der Waals surface area contributed by atoms with Crippen molar-refractivity contribution < 1.29 is 4.79 Å². The number of carbonyl (C=O) groups is 1. The molecule has 3 heteroatoms. The molecule has 19 heavy (non-hydrogen) atoms. The van der Waals surface area contributed by atoms with E-state index in [-0.39, 0.29) is 5.41 Å². The normalized spacial score (nSPS) is 40.2. The van der Waals surface area contributed by atoms with Gasteiger partial charge in [0.15, 0.2) is 0 Å². The highest BCUT2D eigenvalue weighted by Crippen LogP contribution is 2.41. The third-order valence-corrected chi connectivity index (χ3v) is 5.71. The van der Waals surface area contributed by atoms with Gasteiger partial charge in [-0.05, 0) is 57.3 Å². The molecular formula is C16H30N2O. The van der Waals surface area contributed by atoms with Crippen molar-refractivity contribution in [1.82, 2.24) is 4.90 Å². The molecule has 2 aliphatic rings. The lowest BCUT2D eigenvalue weighted by atomic mass is 9.69. The van der Waals surface area contributed by atoms with Crippen LogP contribution in [-0.4, -0.2) is 29.9 Å². The van der Waals surface area contributed by atoms with E-state index in [1.807, 2.05) is 0 Å². The molecule has 1 amide bonds. The second kappa shape index (κ2) is 5.82. The highest BCUT2D eigenvalue weighted by Gasteiger charge is 2.44. The topological polar surface area (TPSA) is 46.3 Å². The molecule has 0 aromatic rings. The molecule has 1 saturated heterocycles. The van der Waals surface area contributed by atoms with Crippen LogP contribution in [0.25, 0.3) is 0 Å². The van der Waals surface area contributed by atoms with Crippen molar-refractivity contribution in [3.05, 3.63) is 0 Å². The Balaban J connectivity index is 2.12. The summed E-state index contributed by atoms with van der Waals surface area (Å²) in [6.07, 6.45) is 6.68. The number of rotatable bonds is 2. The van der Waals surface area contributed by atoms with Crippen molar-refractivity contribution in [3.63, 3.8) is 0 Å². The SMILES string of the molecule is CC1CCC(CN)(C(=O)N2CCCC(C)C2C)CC1. The van der Waals surface area contributed by atoms with Gasteiger partial charge in [-0.3, -0.25) is 4.79 Å². The number of nitrogens with two attached hydrogens (primary N) is 1. The van der Waals surface area contributed by atoms with Crippen LogP contribution in [0.1, 0.15) is 59.3 Å². The molecule has 0 bridgehead atoms. The van der Waals surface area contributed by atoms with Gasteiger partial charge in [0.05, 0.1) is 5.41 Å². The summed E-state index contributed by atoms with van der Waals surface area (Å²) >= 11 is 0. The molecule has 2 unspecified atom stereocenters. The summed E-state index contributed by atoms with van der Waals surface area (Å²) in [5, 5.41) is 0. The van der Waals surface area contributed by atoms with Crippen molar-refractivity contribution in [1.29, 1.82) is 0 Å². The molecule has 1 saturated carbocycles. The molecular weight excluding hydrogens is 236 g/mol. The van der Waals surface area contributed by atoms with Gasteiger partial charge in [0.1, 0.15) is 0 Å². The Morgan fingerprint density at radius 1 is 1.21 bits per heavy atom. The molecule has 2 N–H and O–H groups in total. The lowest BCUT2D eigenvalue weighted by molar-refractivity contribution is -0.149. The second-order valence-corrected chi connectivity index (χ2v) is 7.03. The van der Waals surface area contributed by atoms with Crippen LogP contribution in [0.2, 0.25) is 0 Å². The van der Waals surface area contributed by atoms with E-state index >= 15 is 0 Å². The van der Waals surface area contributed by atoms with Crippen LogP contribution in [0.4, 0.5) is 0 Å². The van der Waals surface area contributed by atoms with Gasteiger partial charge in [0.25, 0.3) is 0 Å². The predicted molar refractivity (Wildman–Crippen MR) is 78.7 cm³/mol. The zero-order chi connectivity index (χ0) is 14.0. The van der Waals surface area contributed by atoms with Gasteiger partial charge in [-0.1, -0.05) is 13.8 Å². The van der Waals surface area contributed by atoms with Gasteiger partial charge in [-0.25, -0.2) is 0 Å². The minimum Gasteiger partial charge on any atom is -0.339 e.